The number of aromatic nitrogens is 2. The van der Waals surface area contributed by atoms with Gasteiger partial charge in [-0.3, -0.25) is 9.59 Å². The van der Waals surface area contributed by atoms with Gasteiger partial charge in [0.05, 0.1) is 21.3 Å². The molecule has 0 aliphatic heterocycles. The molecule has 7 heteroatoms. The molecule has 3 aromatic rings. The van der Waals surface area contributed by atoms with Crippen LogP contribution in [0.5, 0.6) is 0 Å². The van der Waals surface area contributed by atoms with Gasteiger partial charge in [0.1, 0.15) is 0 Å². The third-order valence-corrected chi connectivity index (χ3v) is 5.29. The minimum atomic E-state index is -0.149. The summed E-state index contributed by atoms with van der Waals surface area (Å²) in [4.78, 5) is 26.2. The van der Waals surface area contributed by atoms with E-state index >= 15 is 0 Å². The predicted molar refractivity (Wildman–Crippen MR) is 107 cm³/mol. The lowest BCUT2D eigenvalue weighted by atomic mass is 10.2. The van der Waals surface area contributed by atoms with E-state index < -0.39 is 0 Å². The van der Waals surface area contributed by atoms with E-state index in [2.05, 4.69) is 10.4 Å². The van der Waals surface area contributed by atoms with Crippen molar-refractivity contribution in [3.05, 3.63) is 64.3 Å². The van der Waals surface area contributed by atoms with Gasteiger partial charge in [0.2, 0.25) is 5.91 Å². The normalized spacial score (nSPS) is 10.7. The Hall–Kier alpha value is -2.93. The van der Waals surface area contributed by atoms with E-state index in [9.17, 15) is 9.59 Å². The van der Waals surface area contributed by atoms with E-state index in [-0.39, 0.29) is 11.8 Å². The average Bonchev–Trinajstić information content (AvgIpc) is 3.21. The van der Waals surface area contributed by atoms with E-state index in [1.807, 2.05) is 48.9 Å². The van der Waals surface area contributed by atoms with Crippen molar-refractivity contribution in [1.29, 1.82) is 0 Å². The molecule has 2 amide bonds. The molecule has 0 radical (unpaired) electrons. The lowest BCUT2D eigenvalue weighted by molar-refractivity contribution is -0.114. The van der Waals surface area contributed by atoms with Crippen LogP contribution in [0.25, 0.3) is 5.69 Å². The number of anilines is 1. The summed E-state index contributed by atoms with van der Waals surface area (Å²) in [5.74, 6) is -0.230. The summed E-state index contributed by atoms with van der Waals surface area (Å²) in [5, 5.41) is 8.01. The van der Waals surface area contributed by atoms with Gasteiger partial charge in [0.15, 0.2) is 0 Å². The number of aryl methyl sites for hydroxylation is 1. The maximum atomic E-state index is 12.7. The van der Waals surface area contributed by atoms with Gasteiger partial charge >= 0.3 is 0 Å². The molecule has 0 bridgehead atoms. The first-order chi connectivity index (χ1) is 12.9. The van der Waals surface area contributed by atoms with Crippen LogP contribution in [-0.4, -0.2) is 33.5 Å². The summed E-state index contributed by atoms with van der Waals surface area (Å²) < 4.78 is 1.91. The Kier molecular flexibility index (Phi) is 5.41. The van der Waals surface area contributed by atoms with Gasteiger partial charge in [-0.25, -0.2) is 4.68 Å². The summed E-state index contributed by atoms with van der Waals surface area (Å²) in [6, 6.07) is 13.4. The van der Waals surface area contributed by atoms with Crippen molar-refractivity contribution >= 4 is 28.2 Å². The lowest BCUT2D eigenvalue weighted by Gasteiger charge is -2.16. The fourth-order valence-corrected chi connectivity index (χ4v) is 3.86. The number of carbonyl (C=O) groups is 2. The monoisotopic (exact) mass is 382 g/mol. The molecule has 0 atom stereocenters. The molecule has 2 aromatic heterocycles. The molecule has 0 saturated carbocycles. The molecule has 0 unspecified atom stereocenters. The molecule has 0 aliphatic rings. The second-order valence-electron chi connectivity index (χ2n) is 6.40. The van der Waals surface area contributed by atoms with Crippen LogP contribution in [0.2, 0.25) is 0 Å². The van der Waals surface area contributed by atoms with Crippen molar-refractivity contribution in [2.24, 2.45) is 0 Å². The van der Waals surface area contributed by atoms with Crippen LogP contribution in [-0.2, 0) is 11.3 Å². The fraction of sp³-hybridized carbons (Fsp3) is 0.250. The smallest absolute Gasteiger partial charge is 0.264 e. The zero-order valence-corrected chi connectivity index (χ0v) is 16.6. The van der Waals surface area contributed by atoms with Gasteiger partial charge in [-0.15, -0.1) is 11.3 Å². The maximum Gasteiger partial charge on any atom is 0.264 e. The van der Waals surface area contributed by atoms with Crippen molar-refractivity contribution in [3.8, 4) is 5.69 Å². The number of carbonyl (C=O) groups excluding carboxylic acids is 2. The van der Waals surface area contributed by atoms with E-state index in [4.69, 9.17) is 0 Å². The number of rotatable bonds is 5. The molecule has 3 rings (SSSR count). The zero-order valence-electron chi connectivity index (χ0n) is 15.8. The van der Waals surface area contributed by atoms with Gasteiger partial charge in [-0.1, -0.05) is 18.2 Å². The Morgan fingerprint density at radius 3 is 2.52 bits per heavy atom. The van der Waals surface area contributed by atoms with Crippen molar-refractivity contribution in [1.82, 2.24) is 14.7 Å². The topological polar surface area (TPSA) is 67.2 Å². The SMILES string of the molecule is CC(=O)Nc1ccc(C(=O)N(C)Cc2c(C)nn(-c3ccccc3)c2C)s1. The Morgan fingerprint density at radius 1 is 1.15 bits per heavy atom. The average molecular weight is 382 g/mol. The summed E-state index contributed by atoms with van der Waals surface area (Å²) in [5.41, 5.74) is 3.95. The number of benzene rings is 1. The number of para-hydroxylation sites is 1. The van der Waals surface area contributed by atoms with E-state index in [0.717, 1.165) is 22.6 Å². The summed E-state index contributed by atoms with van der Waals surface area (Å²) in [7, 11) is 1.78. The second kappa shape index (κ2) is 7.75. The van der Waals surface area contributed by atoms with Crippen LogP contribution in [0.1, 0.15) is 33.5 Å². The Labute approximate surface area is 162 Å². The van der Waals surface area contributed by atoms with Gasteiger partial charge in [-0.05, 0) is 38.1 Å². The third kappa shape index (κ3) is 4.09. The summed E-state index contributed by atoms with van der Waals surface area (Å²) in [6.45, 7) is 5.89. The Bertz CT molecular complexity index is 975. The number of hydrogen-bond donors (Lipinski definition) is 1. The number of nitrogens with one attached hydrogen (secondary N) is 1. The molecule has 2 heterocycles. The van der Waals surface area contributed by atoms with Crippen LogP contribution in [0.15, 0.2) is 42.5 Å². The molecule has 6 nitrogen and oxygen atoms in total. The van der Waals surface area contributed by atoms with Gasteiger partial charge in [0, 0.05) is 31.8 Å². The highest BCUT2D eigenvalue weighted by atomic mass is 32.1. The number of nitrogens with zero attached hydrogens (tertiary/aromatic N) is 3. The zero-order chi connectivity index (χ0) is 19.6. The Balaban J connectivity index is 1.79. The molecule has 27 heavy (non-hydrogen) atoms. The molecule has 0 fully saturated rings. The van der Waals surface area contributed by atoms with Crippen LogP contribution in [0.3, 0.4) is 0 Å². The molecule has 0 spiro atoms. The van der Waals surface area contributed by atoms with Crippen LogP contribution >= 0.6 is 11.3 Å². The minimum absolute atomic E-state index is 0.0807. The first-order valence-electron chi connectivity index (χ1n) is 8.60. The van der Waals surface area contributed by atoms with Gasteiger partial charge < -0.3 is 10.2 Å². The maximum absolute atomic E-state index is 12.7. The molecular formula is C20H22N4O2S. The standard InChI is InChI=1S/C20H22N4O2S/c1-13-17(14(2)24(22-13)16-8-6-5-7-9-16)12-23(4)20(26)18-10-11-19(27-18)21-15(3)25/h5-11H,12H2,1-4H3,(H,21,25). The number of amides is 2. The first-order valence-corrected chi connectivity index (χ1v) is 9.42. The second-order valence-corrected chi connectivity index (χ2v) is 7.49. The molecule has 1 aromatic carbocycles. The molecule has 1 N–H and O–H groups in total. The first kappa shape index (κ1) is 18.8. The molecular weight excluding hydrogens is 360 g/mol. The lowest BCUT2D eigenvalue weighted by Crippen LogP contribution is -2.26. The largest absolute Gasteiger partial charge is 0.337 e. The van der Waals surface area contributed by atoms with Crippen LogP contribution < -0.4 is 5.32 Å². The van der Waals surface area contributed by atoms with E-state index in [0.29, 0.717) is 16.4 Å². The third-order valence-electron chi connectivity index (χ3n) is 4.30. The van der Waals surface area contributed by atoms with Crippen LogP contribution in [0.4, 0.5) is 5.00 Å². The van der Waals surface area contributed by atoms with E-state index in [1.165, 1.54) is 18.3 Å². The van der Waals surface area contributed by atoms with Crippen LogP contribution in [0, 0.1) is 13.8 Å². The number of thiophene rings is 1. The Morgan fingerprint density at radius 2 is 1.85 bits per heavy atom. The highest BCUT2D eigenvalue weighted by Crippen LogP contribution is 2.25. The summed E-state index contributed by atoms with van der Waals surface area (Å²) >= 11 is 1.27. The molecule has 140 valence electrons. The fourth-order valence-electron chi connectivity index (χ4n) is 2.91. The minimum Gasteiger partial charge on any atom is -0.337 e. The predicted octanol–water partition coefficient (Wildman–Crippen LogP) is 3.78. The van der Waals surface area contributed by atoms with Crippen molar-refractivity contribution < 1.29 is 9.59 Å². The van der Waals surface area contributed by atoms with Crippen molar-refractivity contribution in [2.45, 2.75) is 27.3 Å². The van der Waals surface area contributed by atoms with Crippen molar-refractivity contribution in [2.75, 3.05) is 12.4 Å². The summed E-state index contributed by atoms with van der Waals surface area (Å²) in [6.07, 6.45) is 0. The highest BCUT2D eigenvalue weighted by molar-refractivity contribution is 7.18. The van der Waals surface area contributed by atoms with Gasteiger partial charge in [-0.2, -0.15) is 5.10 Å². The number of hydrogen-bond acceptors (Lipinski definition) is 4. The highest BCUT2D eigenvalue weighted by Gasteiger charge is 2.19. The van der Waals surface area contributed by atoms with Gasteiger partial charge in [0.25, 0.3) is 5.91 Å². The molecule has 0 saturated heterocycles. The van der Waals surface area contributed by atoms with Crippen molar-refractivity contribution in [3.63, 3.8) is 0 Å². The molecule has 0 aliphatic carbocycles. The van der Waals surface area contributed by atoms with E-state index in [1.54, 1.807) is 24.1 Å². The quantitative estimate of drug-likeness (QED) is 0.730.